The van der Waals surface area contributed by atoms with Gasteiger partial charge in [0.25, 0.3) is 0 Å². The van der Waals surface area contributed by atoms with Gasteiger partial charge in [0.1, 0.15) is 11.6 Å². The number of anilines is 1. The average Bonchev–Trinajstić information content (AvgIpc) is 2.78. The predicted molar refractivity (Wildman–Crippen MR) is 123 cm³/mol. The van der Waals surface area contributed by atoms with Crippen molar-refractivity contribution in [2.45, 2.75) is 65.7 Å². The minimum absolute atomic E-state index is 0.0773. The van der Waals surface area contributed by atoms with Crippen LogP contribution in [0.1, 0.15) is 68.2 Å². The monoisotopic (exact) mass is 440 g/mol. The van der Waals surface area contributed by atoms with Crippen LogP contribution >= 0.6 is 0 Å². The number of carbonyl (C=O) groups excluding carboxylic acids is 2. The summed E-state index contributed by atoms with van der Waals surface area (Å²) in [6.45, 7) is 9.30. The fourth-order valence-electron chi connectivity index (χ4n) is 4.41. The quantitative estimate of drug-likeness (QED) is 0.685. The van der Waals surface area contributed by atoms with Crippen LogP contribution in [-0.2, 0) is 16.0 Å². The molecule has 1 N–H and O–H groups in total. The van der Waals surface area contributed by atoms with Gasteiger partial charge in [-0.25, -0.2) is 14.4 Å². The van der Waals surface area contributed by atoms with Gasteiger partial charge in [-0.2, -0.15) is 0 Å². The first-order valence-corrected chi connectivity index (χ1v) is 11.5. The molecule has 0 radical (unpaired) electrons. The molecule has 1 aromatic heterocycles. The molecule has 1 aromatic carbocycles. The number of hydrogen-bond donors (Lipinski definition) is 1. The summed E-state index contributed by atoms with van der Waals surface area (Å²) in [5.74, 6) is 0.368. The van der Waals surface area contributed by atoms with Crippen molar-refractivity contribution in [1.29, 1.82) is 0 Å². The lowest BCUT2D eigenvalue weighted by Gasteiger charge is -2.34. The van der Waals surface area contributed by atoms with Crippen LogP contribution in [-0.4, -0.2) is 39.8 Å². The molecule has 2 aromatic rings. The molecule has 172 valence electrons. The number of nitrogens with one attached hydrogen (secondary N) is 1. The van der Waals surface area contributed by atoms with E-state index in [0.29, 0.717) is 6.54 Å². The summed E-state index contributed by atoms with van der Waals surface area (Å²) < 4.78 is 13.8. The zero-order valence-electron chi connectivity index (χ0n) is 19.4. The molecule has 0 bridgehead atoms. The lowest BCUT2D eigenvalue weighted by molar-refractivity contribution is -0.137. The Morgan fingerprint density at radius 3 is 2.44 bits per heavy atom. The van der Waals surface area contributed by atoms with E-state index in [1.807, 2.05) is 18.7 Å². The van der Waals surface area contributed by atoms with Crippen LogP contribution in [0, 0.1) is 25.6 Å². The third-order valence-corrected chi connectivity index (χ3v) is 6.36. The van der Waals surface area contributed by atoms with Gasteiger partial charge >= 0.3 is 0 Å². The van der Waals surface area contributed by atoms with Gasteiger partial charge in [0.05, 0.1) is 12.1 Å². The summed E-state index contributed by atoms with van der Waals surface area (Å²) in [6.07, 6.45) is 3.67. The zero-order chi connectivity index (χ0) is 23.3. The molecule has 32 heavy (non-hydrogen) atoms. The van der Waals surface area contributed by atoms with Crippen LogP contribution in [0.25, 0.3) is 0 Å². The van der Waals surface area contributed by atoms with E-state index < -0.39 is 5.82 Å². The highest BCUT2D eigenvalue weighted by atomic mass is 19.1. The van der Waals surface area contributed by atoms with Gasteiger partial charge in [0.15, 0.2) is 0 Å². The van der Waals surface area contributed by atoms with E-state index in [4.69, 9.17) is 9.97 Å². The van der Waals surface area contributed by atoms with Crippen LogP contribution in [0.4, 0.5) is 10.1 Å². The molecule has 0 unspecified atom stereocenters. The van der Waals surface area contributed by atoms with Crippen molar-refractivity contribution < 1.29 is 14.0 Å². The minimum Gasteiger partial charge on any atom is -0.342 e. The third kappa shape index (κ3) is 5.50. The second kappa shape index (κ2) is 10.7. The molecule has 0 saturated carbocycles. The van der Waals surface area contributed by atoms with Gasteiger partial charge in [-0.15, -0.1) is 0 Å². The van der Waals surface area contributed by atoms with E-state index in [2.05, 4.69) is 19.2 Å². The third-order valence-electron chi connectivity index (χ3n) is 6.36. The Labute approximate surface area is 189 Å². The Morgan fingerprint density at radius 1 is 1.16 bits per heavy atom. The molecule has 2 amide bonds. The Morgan fingerprint density at radius 2 is 1.81 bits per heavy atom. The zero-order valence-corrected chi connectivity index (χ0v) is 19.4. The SMILES string of the molecule is CCC(CC)C(=O)N1CCC[C@H](c2nc(C)c(CC(=O)Nc3ccccc3F)c(C)n2)C1. The maximum absolute atomic E-state index is 13.8. The molecule has 7 heteroatoms. The summed E-state index contributed by atoms with van der Waals surface area (Å²) in [4.78, 5) is 36.7. The Kier molecular flexibility index (Phi) is 7.94. The average molecular weight is 441 g/mol. The molecule has 1 aliphatic heterocycles. The largest absolute Gasteiger partial charge is 0.342 e. The highest BCUT2D eigenvalue weighted by molar-refractivity contribution is 5.92. The molecule has 1 fully saturated rings. The molecule has 3 rings (SSSR count). The van der Waals surface area contributed by atoms with Crippen molar-refractivity contribution in [2.24, 2.45) is 5.92 Å². The number of rotatable bonds is 7. The van der Waals surface area contributed by atoms with Gasteiger partial charge in [0, 0.05) is 41.9 Å². The van der Waals surface area contributed by atoms with E-state index in [0.717, 1.165) is 55.0 Å². The summed E-state index contributed by atoms with van der Waals surface area (Å²) >= 11 is 0. The number of para-hydroxylation sites is 1. The molecule has 1 atom stereocenters. The number of aryl methyl sites for hydroxylation is 2. The smallest absolute Gasteiger partial charge is 0.229 e. The summed E-state index contributed by atoms with van der Waals surface area (Å²) in [5, 5.41) is 2.62. The highest BCUT2D eigenvalue weighted by Gasteiger charge is 2.30. The summed E-state index contributed by atoms with van der Waals surface area (Å²) in [6, 6.07) is 6.10. The number of benzene rings is 1. The fraction of sp³-hybridized carbons (Fsp3) is 0.520. The number of hydrogen-bond acceptors (Lipinski definition) is 4. The number of nitrogens with zero attached hydrogens (tertiary/aromatic N) is 3. The van der Waals surface area contributed by atoms with Crippen LogP contribution in [0.5, 0.6) is 0 Å². The summed E-state index contributed by atoms with van der Waals surface area (Å²) in [5.41, 5.74) is 2.41. The van der Waals surface area contributed by atoms with E-state index in [1.54, 1.807) is 12.1 Å². The van der Waals surface area contributed by atoms with Gasteiger partial charge in [-0.05, 0) is 51.7 Å². The van der Waals surface area contributed by atoms with Crippen LogP contribution < -0.4 is 5.32 Å². The number of piperidine rings is 1. The van der Waals surface area contributed by atoms with Crippen molar-refractivity contribution in [3.05, 3.63) is 52.9 Å². The molecule has 1 saturated heterocycles. The second-order valence-electron chi connectivity index (χ2n) is 8.57. The van der Waals surface area contributed by atoms with Crippen LogP contribution in [0.15, 0.2) is 24.3 Å². The molecular weight excluding hydrogens is 407 g/mol. The van der Waals surface area contributed by atoms with Gasteiger partial charge in [-0.1, -0.05) is 26.0 Å². The normalized spacial score (nSPS) is 16.3. The van der Waals surface area contributed by atoms with Crippen LogP contribution in [0.3, 0.4) is 0 Å². The first kappa shape index (κ1) is 23.8. The maximum Gasteiger partial charge on any atom is 0.229 e. The van der Waals surface area contributed by atoms with Crippen molar-refractivity contribution in [3.63, 3.8) is 0 Å². The van der Waals surface area contributed by atoms with Crippen molar-refractivity contribution in [1.82, 2.24) is 14.9 Å². The van der Waals surface area contributed by atoms with Gasteiger partial charge in [0.2, 0.25) is 11.8 Å². The Bertz CT molecular complexity index is 951. The summed E-state index contributed by atoms with van der Waals surface area (Å²) in [7, 11) is 0. The maximum atomic E-state index is 13.8. The van der Waals surface area contributed by atoms with Crippen LogP contribution in [0.2, 0.25) is 0 Å². The minimum atomic E-state index is -0.467. The first-order valence-electron chi connectivity index (χ1n) is 11.5. The number of carbonyl (C=O) groups is 2. The fourth-order valence-corrected chi connectivity index (χ4v) is 4.41. The topological polar surface area (TPSA) is 75.2 Å². The van der Waals surface area contributed by atoms with Crippen molar-refractivity contribution in [3.8, 4) is 0 Å². The standard InChI is InChI=1S/C25H33FN4O2/c1-5-18(6-2)25(32)30-13-9-10-19(15-30)24-27-16(3)20(17(4)28-24)14-23(31)29-22-12-8-7-11-21(22)26/h7-8,11-12,18-19H,5-6,9-10,13-15H2,1-4H3,(H,29,31)/t19-/m0/s1. The van der Waals surface area contributed by atoms with E-state index in [9.17, 15) is 14.0 Å². The lowest BCUT2D eigenvalue weighted by atomic mass is 9.94. The molecule has 1 aliphatic rings. The number of aromatic nitrogens is 2. The van der Waals surface area contributed by atoms with Gasteiger partial charge < -0.3 is 10.2 Å². The Hall–Kier alpha value is -2.83. The van der Waals surface area contributed by atoms with E-state index in [-0.39, 0.29) is 35.8 Å². The first-order chi connectivity index (χ1) is 15.3. The molecule has 0 spiro atoms. The second-order valence-corrected chi connectivity index (χ2v) is 8.57. The van der Waals surface area contributed by atoms with E-state index >= 15 is 0 Å². The van der Waals surface area contributed by atoms with Crippen molar-refractivity contribution >= 4 is 17.5 Å². The van der Waals surface area contributed by atoms with Gasteiger partial charge in [-0.3, -0.25) is 9.59 Å². The molecule has 2 heterocycles. The number of likely N-dealkylation sites (tertiary alicyclic amines) is 1. The molecule has 6 nitrogen and oxygen atoms in total. The molecule has 0 aliphatic carbocycles. The van der Waals surface area contributed by atoms with E-state index in [1.165, 1.54) is 12.1 Å². The van der Waals surface area contributed by atoms with Crippen molar-refractivity contribution in [2.75, 3.05) is 18.4 Å². The number of amides is 2. The molecular formula is C25H33FN4O2. The predicted octanol–water partition coefficient (Wildman–Crippen LogP) is 4.56. The number of halogens is 1. The Balaban J connectivity index is 1.71. The highest BCUT2D eigenvalue weighted by Crippen LogP contribution is 2.28. The lowest BCUT2D eigenvalue weighted by Crippen LogP contribution is -2.42.